The first-order chi connectivity index (χ1) is 8.54. The van der Waals surface area contributed by atoms with Gasteiger partial charge in [0.25, 0.3) is 0 Å². The molecule has 1 fully saturated rings. The maximum atomic E-state index is 12.2. The van der Waals surface area contributed by atoms with Crippen LogP contribution in [0.5, 0.6) is 0 Å². The van der Waals surface area contributed by atoms with Crippen molar-refractivity contribution in [2.45, 2.75) is 39.2 Å². The second-order valence-electron chi connectivity index (χ2n) is 4.93. The molecule has 18 heavy (non-hydrogen) atoms. The van der Waals surface area contributed by atoms with Crippen molar-refractivity contribution in [3.05, 3.63) is 0 Å². The van der Waals surface area contributed by atoms with Crippen LogP contribution in [-0.2, 0) is 14.3 Å². The van der Waals surface area contributed by atoms with Crippen molar-refractivity contribution in [3.63, 3.8) is 0 Å². The first-order valence-electron chi connectivity index (χ1n) is 6.54. The van der Waals surface area contributed by atoms with Crippen molar-refractivity contribution in [1.29, 1.82) is 0 Å². The summed E-state index contributed by atoms with van der Waals surface area (Å²) in [5.41, 5.74) is 0. The minimum Gasteiger partial charge on any atom is -0.469 e. The van der Waals surface area contributed by atoms with Crippen LogP contribution in [0.1, 0.15) is 33.1 Å². The number of aliphatic hydroxyl groups is 1. The Hall–Kier alpha value is -1.10. The molecule has 1 aliphatic carbocycles. The molecule has 2 unspecified atom stereocenters. The second kappa shape index (κ2) is 6.73. The Balaban J connectivity index is 2.70. The zero-order valence-electron chi connectivity index (χ0n) is 11.4. The third-order valence-electron chi connectivity index (χ3n) is 3.41. The minimum absolute atomic E-state index is 0.0617. The van der Waals surface area contributed by atoms with Crippen molar-refractivity contribution >= 4 is 11.9 Å². The van der Waals surface area contributed by atoms with Crippen LogP contribution in [0.2, 0.25) is 0 Å². The maximum Gasteiger partial charge on any atom is 0.310 e. The van der Waals surface area contributed by atoms with Gasteiger partial charge in [-0.1, -0.05) is 13.8 Å². The summed E-state index contributed by atoms with van der Waals surface area (Å²) in [5.74, 6) is -0.531. The quantitative estimate of drug-likeness (QED) is 0.685. The topological polar surface area (TPSA) is 66.8 Å². The van der Waals surface area contributed by atoms with Crippen molar-refractivity contribution in [2.75, 3.05) is 20.3 Å². The van der Waals surface area contributed by atoms with Crippen molar-refractivity contribution in [2.24, 2.45) is 11.8 Å². The van der Waals surface area contributed by atoms with Gasteiger partial charge in [0.2, 0.25) is 5.91 Å². The smallest absolute Gasteiger partial charge is 0.310 e. The number of ether oxygens (including phenoxy) is 1. The van der Waals surface area contributed by atoms with Gasteiger partial charge in [-0.25, -0.2) is 0 Å². The van der Waals surface area contributed by atoms with E-state index >= 15 is 0 Å². The molecule has 0 aromatic rings. The number of aliphatic hydroxyl groups excluding tert-OH is 1. The van der Waals surface area contributed by atoms with Crippen LogP contribution in [0.4, 0.5) is 0 Å². The molecule has 0 aliphatic heterocycles. The number of carbonyl (C=O) groups is 2. The number of amides is 1. The molecule has 0 aromatic carbocycles. The zero-order valence-corrected chi connectivity index (χ0v) is 11.4. The number of nitrogens with zero attached hydrogens (tertiary/aromatic N) is 1. The molecule has 0 aromatic heterocycles. The molecule has 0 spiro atoms. The van der Waals surface area contributed by atoms with Gasteiger partial charge in [0.05, 0.1) is 25.7 Å². The van der Waals surface area contributed by atoms with E-state index in [4.69, 9.17) is 0 Å². The average molecular weight is 257 g/mol. The second-order valence-corrected chi connectivity index (χ2v) is 4.93. The van der Waals surface area contributed by atoms with Gasteiger partial charge in [-0.3, -0.25) is 9.59 Å². The van der Waals surface area contributed by atoms with Gasteiger partial charge >= 0.3 is 5.97 Å². The molecule has 1 saturated carbocycles. The summed E-state index contributed by atoms with van der Waals surface area (Å²) in [6, 6.07) is -0.204. The van der Waals surface area contributed by atoms with E-state index in [9.17, 15) is 14.7 Å². The Kier molecular flexibility index (Phi) is 5.59. The van der Waals surface area contributed by atoms with Crippen LogP contribution in [0.15, 0.2) is 0 Å². The van der Waals surface area contributed by atoms with Gasteiger partial charge in [-0.05, 0) is 19.3 Å². The van der Waals surface area contributed by atoms with E-state index in [2.05, 4.69) is 4.74 Å². The van der Waals surface area contributed by atoms with Gasteiger partial charge in [-0.2, -0.15) is 0 Å². The molecule has 1 amide bonds. The molecule has 0 radical (unpaired) electrons. The highest BCUT2D eigenvalue weighted by atomic mass is 16.5. The van der Waals surface area contributed by atoms with E-state index in [1.165, 1.54) is 7.11 Å². The lowest BCUT2D eigenvalue weighted by atomic mass is 10.1. The number of esters is 1. The minimum atomic E-state index is -0.363. The van der Waals surface area contributed by atoms with Crippen LogP contribution in [-0.4, -0.2) is 48.2 Å². The van der Waals surface area contributed by atoms with E-state index in [0.29, 0.717) is 13.0 Å². The van der Waals surface area contributed by atoms with E-state index in [1.807, 2.05) is 6.92 Å². The lowest BCUT2D eigenvalue weighted by Gasteiger charge is -2.31. The predicted octanol–water partition coefficient (Wildman–Crippen LogP) is 0.805. The summed E-state index contributed by atoms with van der Waals surface area (Å²) < 4.78 is 4.68. The van der Waals surface area contributed by atoms with Crippen molar-refractivity contribution in [1.82, 2.24) is 4.90 Å². The Labute approximate surface area is 108 Å². The van der Waals surface area contributed by atoms with Crippen LogP contribution in [0.3, 0.4) is 0 Å². The van der Waals surface area contributed by atoms with Gasteiger partial charge in [0.15, 0.2) is 0 Å². The monoisotopic (exact) mass is 257 g/mol. The zero-order chi connectivity index (χ0) is 13.7. The van der Waals surface area contributed by atoms with E-state index < -0.39 is 0 Å². The standard InChI is InChI=1S/C13H23NO4/c1-4-11(8-15)14(12(16)10-5-6-10)7-9(2)13(17)18-3/h9-11,15H,4-8H2,1-3H3. The molecule has 1 N–H and O–H groups in total. The summed E-state index contributed by atoms with van der Waals surface area (Å²) in [5, 5.41) is 9.35. The highest BCUT2D eigenvalue weighted by molar-refractivity contribution is 5.82. The van der Waals surface area contributed by atoms with Gasteiger partial charge in [0.1, 0.15) is 0 Å². The molecular formula is C13H23NO4. The Morgan fingerprint density at radius 2 is 2.06 bits per heavy atom. The highest BCUT2D eigenvalue weighted by Crippen LogP contribution is 2.32. The summed E-state index contributed by atoms with van der Waals surface area (Å²) >= 11 is 0. The summed E-state index contributed by atoms with van der Waals surface area (Å²) in [6.07, 6.45) is 2.52. The lowest BCUT2D eigenvalue weighted by Crippen LogP contribution is -2.46. The molecular weight excluding hydrogens is 234 g/mol. The summed E-state index contributed by atoms with van der Waals surface area (Å²) in [7, 11) is 1.34. The van der Waals surface area contributed by atoms with Gasteiger partial charge in [0, 0.05) is 12.5 Å². The number of carbonyl (C=O) groups excluding carboxylic acids is 2. The molecule has 0 bridgehead atoms. The molecule has 5 heteroatoms. The first kappa shape index (κ1) is 15.0. The SMILES string of the molecule is CCC(CO)N(CC(C)C(=O)OC)C(=O)C1CC1. The Morgan fingerprint density at radius 1 is 1.44 bits per heavy atom. The molecule has 1 aliphatic rings. The first-order valence-corrected chi connectivity index (χ1v) is 6.54. The third kappa shape index (κ3) is 3.70. The molecule has 0 heterocycles. The normalized spacial score (nSPS) is 18.0. The molecule has 0 saturated heterocycles. The summed E-state index contributed by atoms with van der Waals surface area (Å²) in [6.45, 7) is 3.92. The van der Waals surface area contributed by atoms with Crippen molar-refractivity contribution < 1.29 is 19.4 Å². The van der Waals surface area contributed by atoms with Crippen molar-refractivity contribution in [3.8, 4) is 0 Å². The molecule has 104 valence electrons. The average Bonchev–Trinajstić information content (AvgIpc) is 3.21. The fourth-order valence-corrected chi connectivity index (χ4v) is 2.00. The van der Waals surface area contributed by atoms with Crippen LogP contribution in [0.25, 0.3) is 0 Å². The molecule has 5 nitrogen and oxygen atoms in total. The van der Waals surface area contributed by atoms with Gasteiger partial charge in [-0.15, -0.1) is 0 Å². The fraction of sp³-hybridized carbons (Fsp3) is 0.846. The predicted molar refractivity (Wildman–Crippen MR) is 66.8 cm³/mol. The Bertz CT molecular complexity index is 297. The number of hydrogen-bond donors (Lipinski definition) is 1. The van der Waals surface area contributed by atoms with Crippen LogP contribution in [0, 0.1) is 11.8 Å². The molecule has 1 rings (SSSR count). The number of methoxy groups -OCH3 is 1. The highest BCUT2D eigenvalue weighted by Gasteiger charge is 2.37. The number of rotatable bonds is 7. The fourth-order valence-electron chi connectivity index (χ4n) is 2.00. The Morgan fingerprint density at radius 3 is 2.44 bits per heavy atom. The number of hydrogen-bond acceptors (Lipinski definition) is 4. The maximum absolute atomic E-state index is 12.2. The van der Waals surface area contributed by atoms with E-state index in [0.717, 1.165) is 12.8 Å². The van der Waals surface area contributed by atoms with E-state index in [1.54, 1.807) is 11.8 Å². The van der Waals surface area contributed by atoms with Gasteiger partial charge < -0.3 is 14.7 Å². The molecule has 2 atom stereocenters. The van der Waals surface area contributed by atoms with Crippen LogP contribution >= 0.6 is 0 Å². The third-order valence-corrected chi connectivity index (χ3v) is 3.41. The van der Waals surface area contributed by atoms with Crippen LogP contribution < -0.4 is 0 Å². The van der Waals surface area contributed by atoms with E-state index in [-0.39, 0.29) is 36.4 Å². The largest absolute Gasteiger partial charge is 0.469 e. The lowest BCUT2D eigenvalue weighted by molar-refractivity contribution is -0.147. The summed E-state index contributed by atoms with van der Waals surface area (Å²) in [4.78, 5) is 25.3.